The monoisotopic (exact) mass is 89.1 g/mol. The fourth-order valence-electron chi connectivity index (χ4n) is 0.203. The summed E-state index contributed by atoms with van der Waals surface area (Å²) < 4.78 is 0. The molecule has 0 aliphatic carbocycles. The first-order valence-electron chi connectivity index (χ1n) is 2.16. The topological polar surface area (TPSA) is 32.3 Å². The van der Waals surface area contributed by atoms with Crippen LogP contribution in [0.2, 0.25) is 0 Å². The molecule has 0 aromatic heterocycles. The molecule has 6 heavy (non-hydrogen) atoms. The molecule has 0 aliphatic rings. The van der Waals surface area contributed by atoms with Gasteiger partial charge in [0.15, 0.2) is 0 Å². The predicted octanol–water partition coefficient (Wildman–Crippen LogP) is 0.0784. The SMILES string of the molecule is CCCCO[O-]. The summed E-state index contributed by atoms with van der Waals surface area (Å²) in [5.41, 5.74) is 0. The third-order valence-electron chi connectivity index (χ3n) is 0.581. The molecule has 2 nitrogen and oxygen atoms in total. The minimum absolute atomic E-state index is 0.358. The Labute approximate surface area is 37.7 Å². The first-order valence-corrected chi connectivity index (χ1v) is 2.16. The second kappa shape index (κ2) is 4.92. The van der Waals surface area contributed by atoms with Crippen molar-refractivity contribution in [3.05, 3.63) is 0 Å². The largest absolute Gasteiger partial charge is 0.723 e. The van der Waals surface area contributed by atoms with Crippen molar-refractivity contribution in [1.29, 1.82) is 0 Å². The van der Waals surface area contributed by atoms with Crippen molar-refractivity contribution in [1.82, 2.24) is 0 Å². The first kappa shape index (κ1) is 5.92. The second-order valence-corrected chi connectivity index (χ2v) is 1.18. The van der Waals surface area contributed by atoms with Crippen LogP contribution >= 0.6 is 0 Å². The van der Waals surface area contributed by atoms with Gasteiger partial charge in [0.1, 0.15) is 0 Å². The maximum absolute atomic E-state index is 9.19. The molecule has 0 aromatic rings. The Kier molecular flexibility index (Phi) is 4.85. The van der Waals surface area contributed by atoms with Crippen molar-refractivity contribution in [2.45, 2.75) is 19.8 Å². The van der Waals surface area contributed by atoms with Crippen molar-refractivity contribution in [3.63, 3.8) is 0 Å². The van der Waals surface area contributed by atoms with Crippen LogP contribution in [0.15, 0.2) is 0 Å². The van der Waals surface area contributed by atoms with Crippen LogP contribution in [-0.4, -0.2) is 6.61 Å². The predicted molar refractivity (Wildman–Crippen MR) is 20.9 cm³/mol. The van der Waals surface area contributed by atoms with Gasteiger partial charge in [-0.15, -0.1) is 0 Å². The molecule has 2 heteroatoms. The molecule has 0 aliphatic heterocycles. The molecular formula is C4H9O2-. The van der Waals surface area contributed by atoms with Crippen LogP contribution in [0, 0.1) is 0 Å². The zero-order valence-corrected chi connectivity index (χ0v) is 3.94. The number of rotatable bonds is 3. The molecule has 0 fully saturated rings. The first-order chi connectivity index (χ1) is 2.91. The van der Waals surface area contributed by atoms with E-state index in [1.807, 2.05) is 6.92 Å². The molecule has 0 bridgehead atoms. The maximum Gasteiger partial charge on any atom is 0.0341 e. The minimum Gasteiger partial charge on any atom is -0.723 e. The van der Waals surface area contributed by atoms with Gasteiger partial charge >= 0.3 is 0 Å². The molecule has 0 unspecified atom stereocenters. The molecule has 0 spiro atoms. The minimum atomic E-state index is 0.358. The zero-order valence-electron chi connectivity index (χ0n) is 3.94. The van der Waals surface area contributed by atoms with Gasteiger partial charge in [-0.2, -0.15) is 0 Å². The summed E-state index contributed by atoms with van der Waals surface area (Å²) in [6.45, 7) is 2.37. The van der Waals surface area contributed by atoms with E-state index in [1.54, 1.807) is 0 Å². The van der Waals surface area contributed by atoms with Gasteiger partial charge in [-0.3, -0.25) is 0 Å². The van der Waals surface area contributed by atoms with Gasteiger partial charge in [0.05, 0.1) is 0 Å². The Morgan fingerprint density at radius 1 is 1.67 bits per heavy atom. The van der Waals surface area contributed by atoms with E-state index < -0.39 is 0 Å². The van der Waals surface area contributed by atoms with Crippen LogP contribution in [0.5, 0.6) is 0 Å². The van der Waals surface area contributed by atoms with E-state index in [0.29, 0.717) is 6.61 Å². The van der Waals surface area contributed by atoms with E-state index in [4.69, 9.17) is 0 Å². The lowest BCUT2D eigenvalue weighted by molar-refractivity contribution is -0.689. The van der Waals surface area contributed by atoms with Crippen LogP contribution in [0.4, 0.5) is 0 Å². The Morgan fingerprint density at radius 2 is 2.33 bits per heavy atom. The van der Waals surface area contributed by atoms with Crippen LogP contribution < -0.4 is 5.26 Å². The molecule has 0 aromatic carbocycles. The summed E-state index contributed by atoms with van der Waals surface area (Å²) in [7, 11) is 0. The van der Waals surface area contributed by atoms with Gasteiger partial charge in [0, 0.05) is 6.61 Å². The number of hydrogen-bond acceptors (Lipinski definition) is 2. The highest BCUT2D eigenvalue weighted by molar-refractivity contribution is 4.24. The van der Waals surface area contributed by atoms with E-state index in [-0.39, 0.29) is 0 Å². The molecule has 0 saturated heterocycles. The average Bonchev–Trinajstić information content (AvgIpc) is 1.61. The Morgan fingerprint density at radius 3 is 2.50 bits per heavy atom. The van der Waals surface area contributed by atoms with Gasteiger partial charge in [-0.05, 0) is 6.42 Å². The van der Waals surface area contributed by atoms with Gasteiger partial charge < -0.3 is 10.1 Å². The molecule has 0 heterocycles. The molecule has 0 radical (unpaired) electrons. The summed E-state index contributed by atoms with van der Waals surface area (Å²) in [5.74, 6) is 0. The van der Waals surface area contributed by atoms with Crippen molar-refractivity contribution >= 4 is 0 Å². The summed E-state index contributed by atoms with van der Waals surface area (Å²) >= 11 is 0. The standard InChI is InChI=1S/C4H10O2/c1-2-3-4-6-5/h5H,2-4H2,1H3/p-1. The summed E-state index contributed by atoms with van der Waals surface area (Å²) in [6.07, 6.45) is 1.91. The van der Waals surface area contributed by atoms with Crippen LogP contribution in [0.25, 0.3) is 0 Å². The zero-order chi connectivity index (χ0) is 4.83. The summed E-state index contributed by atoms with van der Waals surface area (Å²) in [4.78, 5) is 3.53. The normalized spacial score (nSPS) is 9.00. The molecular weight excluding hydrogens is 80.0 g/mol. The Bertz CT molecular complexity index is 17.5. The molecule has 0 saturated carbocycles. The van der Waals surface area contributed by atoms with E-state index in [1.165, 1.54) is 0 Å². The van der Waals surface area contributed by atoms with Gasteiger partial charge in [-0.1, -0.05) is 13.3 Å². The fraction of sp³-hybridized carbons (Fsp3) is 1.00. The van der Waals surface area contributed by atoms with Crippen molar-refractivity contribution in [3.8, 4) is 0 Å². The van der Waals surface area contributed by atoms with Crippen molar-refractivity contribution in [2.24, 2.45) is 0 Å². The highest BCUT2D eigenvalue weighted by Gasteiger charge is 1.71. The summed E-state index contributed by atoms with van der Waals surface area (Å²) in [5, 5.41) is 9.19. The van der Waals surface area contributed by atoms with Crippen LogP contribution in [-0.2, 0) is 4.89 Å². The smallest absolute Gasteiger partial charge is 0.0341 e. The third-order valence-corrected chi connectivity index (χ3v) is 0.581. The lowest BCUT2D eigenvalue weighted by atomic mass is 10.4. The quantitative estimate of drug-likeness (QED) is 0.278. The van der Waals surface area contributed by atoms with E-state index >= 15 is 0 Å². The molecule has 0 amide bonds. The Hall–Kier alpha value is -0.0800. The average molecular weight is 89.1 g/mol. The van der Waals surface area contributed by atoms with Crippen molar-refractivity contribution < 1.29 is 10.1 Å². The maximum atomic E-state index is 9.19. The van der Waals surface area contributed by atoms with Gasteiger partial charge in [0.25, 0.3) is 0 Å². The molecule has 0 N–H and O–H groups in total. The second-order valence-electron chi connectivity index (χ2n) is 1.18. The number of unbranched alkanes of at least 4 members (excludes halogenated alkanes) is 1. The van der Waals surface area contributed by atoms with Crippen LogP contribution in [0.1, 0.15) is 19.8 Å². The van der Waals surface area contributed by atoms with Crippen molar-refractivity contribution in [2.75, 3.05) is 6.61 Å². The molecule has 0 rings (SSSR count). The molecule has 0 atom stereocenters. The lowest BCUT2D eigenvalue weighted by Crippen LogP contribution is -2.05. The lowest BCUT2D eigenvalue weighted by Gasteiger charge is -2.01. The van der Waals surface area contributed by atoms with E-state index in [0.717, 1.165) is 12.8 Å². The molecule has 38 valence electrons. The highest BCUT2D eigenvalue weighted by atomic mass is 17.1. The summed E-state index contributed by atoms with van der Waals surface area (Å²) in [6, 6.07) is 0. The van der Waals surface area contributed by atoms with E-state index in [2.05, 4.69) is 4.89 Å². The Balaban J connectivity index is 2.34. The fourth-order valence-corrected chi connectivity index (χ4v) is 0.203. The van der Waals surface area contributed by atoms with Gasteiger partial charge in [0.2, 0.25) is 0 Å². The van der Waals surface area contributed by atoms with E-state index in [9.17, 15) is 5.26 Å². The van der Waals surface area contributed by atoms with Gasteiger partial charge in [-0.25, -0.2) is 0 Å². The number of hydrogen-bond donors (Lipinski definition) is 0. The third kappa shape index (κ3) is 3.92. The van der Waals surface area contributed by atoms with Crippen LogP contribution in [0.3, 0.4) is 0 Å². The highest BCUT2D eigenvalue weighted by Crippen LogP contribution is 1.81.